The third kappa shape index (κ3) is 3.45. The van der Waals surface area contributed by atoms with Crippen LogP contribution in [-0.2, 0) is 10.0 Å². The first-order valence-electron chi connectivity index (χ1n) is 8.52. The number of piperazine rings is 1. The fourth-order valence-electron chi connectivity index (χ4n) is 3.19. The zero-order valence-corrected chi connectivity index (χ0v) is 15.8. The third-order valence-electron chi connectivity index (χ3n) is 4.93. The van der Waals surface area contributed by atoms with Crippen LogP contribution in [0.15, 0.2) is 47.4 Å². The van der Waals surface area contributed by atoms with Crippen molar-refractivity contribution in [2.75, 3.05) is 31.1 Å². The maximum absolute atomic E-state index is 12.8. The highest BCUT2D eigenvalue weighted by Gasteiger charge is 2.29. The molecule has 1 fully saturated rings. The molecule has 138 valence electrons. The standard InChI is InChI=1S/C19H23N3O3S/c1-14-4-3-5-18(15(14)2)21-10-12-22(13-11-21)26(24,25)17-8-6-16(7-9-17)19(20)23/h3-9H,10-13H2,1-2H3,(H2,20,23). The minimum absolute atomic E-state index is 0.183. The number of sulfonamides is 1. The van der Waals surface area contributed by atoms with Gasteiger partial charge in [-0.3, -0.25) is 4.79 Å². The highest BCUT2D eigenvalue weighted by atomic mass is 32.2. The number of carbonyl (C=O) groups is 1. The Kier molecular flexibility index (Phi) is 5.02. The molecule has 2 N–H and O–H groups in total. The lowest BCUT2D eigenvalue weighted by Crippen LogP contribution is -2.48. The number of hydrogen-bond donors (Lipinski definition) is 1. The monoisotopic (exact) mass is 373 g/mol. The van der Waals surface area contributed by atoms with E-state index in [-0.39, 0.29) is 4.90 Å². The fourth-order valence-corrected chi connectivity index (χ4v) is 4.61. The third-order valence-corrected chi connectivity index (χ3v) is 6.84. The van der Waals surface area contributed by atoms with Crippen LogP contribution < -0.4 is 10.6 Å². The van der Waals surface area contributed by atoms with Gasteiger partial charge in [0.2, 0.25) is 15.9 Å². The van der Waals surface area contributed by atoms with E-state index in [1.165, 1.54) is 39.7 Å². The van der Waals surface area contributed by atoms with Gasteiger partial charge in [-0.05, 0) is 55.3 Å². The van der Waals surface area contributed by atoms with Crippen molar-refractivity contribution in [2.45, 2.75) is 18.7 Å². The second-order valence-corrected chi connectivity index (χ2v) is 8.44. The van der Waals surface area contributed by atoms with Crippen LogP contribution in [-0.4, -0.2) is 44.8 Å². The maximum Gasteiger partial charge on any atom is 0.248 e. The van der Waals surface area contributed by atoms with Gasteiger partial charge >= 0.3 is 0 Å². The summed E-state index contributed by atoms with van der Waals surface area (Å²) in [5.41, 5.74) is 9.12. The molecule has 2 aromatic carbocycles. The van der Waals surface area contributed by atoms with E-state index >= 15 is 0 Å². The molecule has 1 saturated heterocycles. The Hall–Kier alpha value is -2.38. The topological polar surface area (TPSA) is 83.7 Å². The van der Waals surface area contributed by atoms with E-state index in [4.69, 9.17) is 5.73 Å². The van der Waals surface area contributed by atoms with E-state index in [2.05, 4.69) is 30.9 Å². The number of benzene rings is 2. The highest BCUT2D eigenvalue weighted by Crippen LogP contribution is 2.25. The average Bonchev–Trinajstić information content (AvgIpc) is 2.64. The molecule has 3 rings (SSSR count). The van der Waals surface area contributed by atoms with E-state index in [1.807, 2.05) is 6.07 Å². The van der Waals surface area contributed by atoms with Crippen LogP contribution in [0.4, 0.5) is 5.69 Å². The van der Waals surface area contributed by atoms with Crippen molar-refractivity contribution in [1.29, 1.82) is 0 Å². The minimum atomic E-state index is -3.57. The summed E-state index contributed by atoms with van der Waals surface area (Å²) in [5, 5.41) is 0. The molecule has 0 spiro atoms. The van der Waals surface area contributed by atoms with Gasteiger partial charge in [-0.15, -0.1) is 0 Å². The summed E-state index contributed by atoms with van der Waals surface area (Å²) in [6.45, 7) is 6.30. The van der Waals surface area contributed by atoms with Crippen LogP contribution in [0.3, 0.4) is 0 Å². The Bertz CT molecular complexity index is 916. The molecule has 1 aliphatic rings. The quantitative estimate of drug-likeness (QED) is 0.887. The molecule has 1 heterocycles. The first-order valence-corrected chi connectivity index (χ1v) is 9.96. The molecule has 1 aliphatic heterocycles. The molecule has 0 aromatic heterocycles. The molecule has 6 nitrogen and oxygen atoms in total. The van der Waals surface area contributed by atoms with E-state index in [0.717, 1.165) is 5.69 Å². The summed E-state index contributed by atoms with van der Waals surface area (Å²) >= 11 is 0. The van der Waals surface area contributed by atoms with Crippen LogP contribution in [0, 0.1) is 13.8 Å². The van der Waals surface area contributed by atoms with E-state index in [1.54, 1.807) is 0 Å². The lowest BCUT2D eigenvalue weighted by atomic mass is 10.1. The molecule has 0 saturated carbocycles. The first kappa shape index (κ1) is 18.4. The van der Waals surface area contributed by atoms with Crippen LogP contribution in [0.25, 0.3) is 0 Å². The normalized spacial score (nSPS) is 15.8. The van der Waals surface area contributed by atoms with Crippen molar-refractivity contribution in [3.8, 4) is 0 Å². The number of rotatable bonds is 4. The Morgan fingerprint density at radius 1 is 0.962 bits per heavy atom. The molecule has 0 unspecified atom stereocenters. The molecule has 0 bridgehead atoms. The number of primary amides is 1. The minimum Gasteiger partial charge on any atom is -0.369 e. The van der Waals surface area contributed by atoms with Crippen LogP contribution in [0.2, 0.25) is 0 Å². The van der Waals surface area contributed by atoms with Crippen molar-refractivity contribution in [1.82, 2.24) is 4.31 Å². The highest BCUT2D eigenvalue weighted by molar-refractivity contribution is 7.89. The van der Waals surface area contributed by atoms with Crippen LogP contribution in [0.1, 0.15) is 21.5 Å². The largest absolute Gasteiger partial charge is 0.369 e. The number of hydrogen-bond acceptors (Lipinski definition) is 4. The van der Waals surface area contributed by atoms with Gasteiger partial charge in [0, 0.05) is 37.4 Å². The Balaban J connectivity index is 1.74. The van der Waals surface area contributed by atoms with Gasteiger partial charge in [0.1, 0.15) is 0 Å². The number of aryl methyl sites for hydroxylation is 1. The van der Waals surface area contributed by atoms with Gasteiger partial charge in [-0.1, -0.05) is 12.1 Å². The van der Waals surface area contributed by atoms with Crippen molar-refractivity contribution in [3.63, 3.8) is 0 Å². The Labute approximate surface area is 154 Å². The lowest BCUT2D eigenvalue weighted by molar-refractivity contribution is 0.1000. The van der Waals surface area contributed by atoms with Gasteiger partial charge in [-0.25, -0.2) is 8.42 Å². The Morgan fingerprint density at radius 3 is 2.15 bits per heavy atom. The molecule has 0 atom stereocenters. The molecule has 26 heavy (non-hydrogen) atoms. The number of anilines is 1. The van der Waals surface area contributed by atoms with Crippen molar-refractivity contribution in [3.05, 3.63) is 59.2 Å². The Morgan fingerprint density at radius 2 is 1.58 bits per heavy atom. The SMILES string of the molecule is Cc1cccc(N2CCN(S(=O)(=O)c3ccc(C(N)=O)cc3)CC2)c1C. The fraction of sp³-hybridized carbons (Fsp3) is 0.316. The van der Waals surface area contributed by atoms with Crippen molar-refractivity contribution in [2.24, 2.45) is 5.73 Å². The van der Waals surface area contributed by atoms with Crippen LogP contribution in [0.5, 0.6) is 0 Å². The molecule has 0 radical (unpaired) electrons. The summed E-state index contributed by atoms with van der Waals surface area (Å²) in [6, 6.07) is 12.0. The van der Waals surface area contributed by atoms with Gasteiger partial charge in [0.25, 0.3) is 0 Å². The number of amides is 1. The average molecular weight is 373 g/mol. The second kappa shape index (κ2) is 7.09. The summed E-state index contributed by atoms with van der Waals surface area (Å²) in [5.74, 6) is -0.573. The van der Waals surface area contributed by atoms with Gasteiger partial charge in [-0.2, -0.15) is 4.31 Å². The number of nitrogens with zero attached hydrogens (tertiary/aromatic N) is 2. The summed E-state index contributed by atoms with van der Waals surface area (Å²) in [4.78, 5) is 13.6. The van der Waals surface area contributed by atoms with E-state index in [9.17, 15) is 13.2 Å². The predicted molar refractivity (Wildman–Crippen MR) is 102 cm³/mol. The van der Waals surface area contributed by atoms with Crippen molar-refractivity contribution < 1.29 is 13.2 Å². The van der Waals surface area contributed by atoms with Crippen molar-refractivity contribution >= 4 is 21.6 Å². The number of carbonyl (C=O) groups excluding carboxylic acids is 1. The zero-order valence-electron chi connectivity index (χ0n) is 15.0. The second-order valence-electron chi connectivity index (χ2n) is 6.50. The molecule has 1 amide bonds. The zero-order chi connectivity index (χ0) is 18.9. The molecular weight excluding hydrogens is 350 g/mol. The number of nitrogens with two attached hydrogens (primary N) is 1. The predicted octanol–water partition coefficient (Wildman–Crippen LogP) is 1.91. The summed E-state index contributed by atoms with van der Waals surface area (Å²) in [7, 11) is -3.57. The summed E-state index contributed by atoms with van der Waals surface area (Å²) in [6.07, 6.45) is 0. The van der Waals surface area contributed by atoms with E-state index in [0.29, 0.717) is 31.7 Å². The lowest BCUT2D eigenvalue weighted by Gasteiger charge is -2.36. The van der Waals surface area contributed by atoms with E-state index < -0.39 is 15.9 Å². The van der Waals surface area contributed by atoms with Gasteiger partial charge in [0.05, 0.1) is 4.90 Å². The molecule has 7 heteroatoms. The maximum atomic E-state index is 12.8. The summed E-state index contributed by atoms with van der Waals surface area (Å²) < 4.78 is 27.1. The smallest absolute Gasteiger partial charge is 0.248 e. The van der Waals surface area contributed by atoms with Gasteiger partial charge < -0.3 is 10.6 Å². The molecule has 2 aromatic rings. The van der Waals surface area contributed by atoms with Gasteiger partial charge in [0.15, 0.2) is 0 Å². The first-order chi connectivity index (χ1) is 12.3. The molecule has 0 aliphatic carbocycles. The van der Waals surface area contributed by atoms with Crippen LogP contribution >= 0.6 is 0 Å². The molecular formula is C19H23N3O3S.